The Labute approximate surface area is 144 Å². The van der Waals surface area contributed by atoms with Gasteiger partial charge in [0.1, 0.15) is 5.69 Å². The number of alkyl halides is 2. The Morgan fingerprint density at radius 2 is 1.72 bits per heavy atom. The van der Waals surface area contributed by atoms with E-state index in [-0.39, 0.29) is 18.8 Å². The molecule has 0 aliphatic heterocycles. The first-order valence-corrected chi connectivity index (χ1v) is 8.14. The number of benzene rings is 2. The smallest absolute Gasteiger partial charge is 0.383 e. The molecule has 130 valence electrons. The number of aromatic nitrogens is 1. The average Bonchev–Trinajstić information content (AvgIpc) is 2.89. The highest BCUT2D eigenvalue weighted by Crippen LogP contribution is 2.38. The lowest BCUT2D eigenvalue weighted by molar-refractivity contribution is -0.174. The minimum atomic E-state index is -3.71. The number of ether oxygens (including phenoxy) is 1. The van der Waals surface area contributed by atoms with Crippen LogP contribution in [0.4, 0.5) is 8.78 Å². The molecule has 5 heteroatoms. The quantitative estimate of drug-likeness (QED) is 0.631. The Kier molecular flexibility index (Phi) is 4.57. The van der Waals surface area contributed by atoms with Crippen LogP contribution in [0.3, 0.4) is 0 Å². The summed E-state index contributed by atoms with van der Waals surface area (Å²) in [4.78, 5) is 11.9. The Morgan fingerprint density at radius 3 is 2.40 bits per heavy atom. The third kappa shape index (κ3) is 3.02. The monoisotopic (exact) mass is 343 g/mol. The van der Waals surface area contributed by atoms with Crippen LogP contribution in [-0.4, -0.2) is 17.1 Å². The summed E-state index contributed by atoms with van der Waals surface area (Å²) in [6.45, 7) is 3.29. The van der Waals surface area contributed by atoms with Gasteiger partial charge >= 0.3 is 11.9 Å². The van der Waals surface area contributed by atoms with Crippen molar-refractivity contribution in [3.8, 4) is 0 Å². The van der Waals surface area contributed by atoms with Gasteiger partial charge in [0.15, 0.2) is 0 Å². The van der Waals surface area contributed by atoms with Gasteiger partial charge in [-0.15, -0.1) is 0 Å². The maximum Gasteiger partial charge on any atom is 0.383 e. The molecule has 0 atom stereocenters. The molecule has 0 fully saturated rings. The predicted molar refractivity (Wildman–Crippen MR) is 92.7 cm³/mol. The third-order valence-corrected chi connectivity index (χ3v) is 4.24. The van der Waals surface area contributed by atoms with E-state index in [9.17, 15) is 13.6 Å². The second kappa shape index (κ2) is 6.67. The Morgan fingerprint density at radius 1 is 1.08 bits per heavy atom. The van der Waals surface area contributed by atoms with E-state index in [2.05, 4.69) is 4.74 Å². The molecule has 2 aromatic carbocycles. The van der Waals surface area contributed by atoms with Crippen LogP contribution in [0.2, 0.25) is 0 Å². The van der Waals surface area contributed by atoms with Crippen molar-refractivity contribution in [2.24, 2.45) is 0 Å². The molecule has 0 amide bonds. The molecule has 3 nitrogen and oxygen atoms in total. The molecule has 0 spiro atoms. The van der Waals surface area contributed by atoms with Crippen molar-refractivity contribution in [2.75, 3.05) is 6.61 Å². The topological polar surface area (TPSA) is 31.2 Å². The van der Waals surface area contributed by atoms with Crippen molar-refractivity contribution in [1.29, 1.82) is 0 Å². The third-order valence-electron chi connectivity index (χ3n) is 4.24. The van der Waals surface area contributed by atoms with Crippen molar-refractivity contribution in [2.45, 2.75) is 26.3 Å². The molecule has 1 heterocycles. The highest BCUT2D eigenvalue weighted by atomic mass is 19.3. The molecule has 3 aromatic rings. The van der Waals surface area contributed by atoms with E-state index in [1.54, 1.807) is 31.2 Å². The Balaban J connectivity index is 2.21. The lowest BCUT2D eigenvalue weighted by atomic mass is 10.1. The second-order valence-corrected chi connectivity index (χ2v) is 5.86. The van der Waals surface area contributed by atoms with Crippen LogP contribution in [0.5, 0.6) is 0 Å². The van der Waals surface area contributed by atoms with Crippen LogP contribution in [0.25, 0.3) is 10.9 Å². The van der Waals surface area contributed by atoms with Gasteiger partial charge in [-0.3, -0.25) is 0 Å². The van der Waals surface area contributed by atoms with Gasteiger partial charge < -0.3 is 9.30 Å². The molecule has 0 aliphatic rings. The maximum absolute atomic E-state index is 14.9. The summed E-state index contributed by atoms with van der Waals surface area (Å²) in [6, 6.07) is 16.5. The van der Waals surface area contributed by atoms with Gasteiger partial charge in [-0.25, -0.2) is 4.79 Å². The van der Waals surface area contributed by atoms with E-state index in [4.69, 9.17) is 0 Å². The first kappa shape index (κ1) is 17.1. The molecule has 1 aromatic heterocycles. The molecule has 0 saturated carbocycles. The van der Waals surface area contributed by atoms with Crippen molar-refractivity contribution < 1.29 is 18.3 Å². The van der Waals surface area contributed by atoms with Crippen LogP contribution < -0.4 is 0 Å². The number of para-hydroxylation sites is 1. The lowest BCUT2D eigenvalue weighted by Gasteiger charge is -2.19. The molecule has 0 radical (unpaired) electrons. The number of rotatable bonds is 5. The first-order chi connectivity index (χ1) is 12.0. The molecular weight excluding hydrogens is 324 g/mol. The molecule has 3 rings (SSSR count). The van der Waals surface area contributed by atoms with E-state index in [0.29, 0.717) is 16.5 Å². The van der Waals surface area contributed by atoms with Crippen LogP contribution in [0.15, 0.2) is 54.6 Å². The maximum atomic E-state index is 14.9. The fourth-order valence-corrected chi connectivity index (χ4v) is 3.13. The van der Waals surface area contributed by atoms with Crippen molar-refractivity contribution in [1.82, 2.24) is 4.57 Å². The summed E-state index contributed by atoms with van der Waals surface area (Å²) in [6.07, 6.45) is 0. The standard InChI is InChI=1S/C20H19F2NO2/c1-3-25-19(24)20(21,22)18-14(2)16-11-7-8-12-17(16)23(18)13-15-9-5-4-6-10-15/h4-12H,3,13H2,1-2H3. The van der Waals surface area contributed by atoms with E-state index in [1.807, 2.05) is 30.3 Å². The lowest BCUT2D eigenvalue weighted by Crippen LogP contribution is -2.31. The zero-order valence-corrected chi connectivity index (χ0v) is 14.1. The molecule has 0 bridgehead atoms. The second-order valence-electron chi connectivity index (χ2n) is 5.86. The van der Waals surface area contributed by atoms with Gasteiger partial charge in [-0.05, 0) is 31.0 Å². The molecular formula is C20H19F2NO2. The summed E-state index contributed by atoms with van der Waals surface area (Å²) in [5, 5.41) is 0.706. The Hall–Kier alpha value is -2.69. The largest absolute Gasteiger partial charge is 0.461 e. The summed E-state index contributed by atoms with van der Waals surface area (Å²) >= 11 is 0. The SMILES string of the molecule is CCOC(=O)C(F)(F)c1c(C)c2ccccc2n1Cc1ccccc1. The van der Waals surface area contributed by atoms with Gasteiger partial charge in [0.05, 0.1) is 6.61 Å². The van der Waals surface area contributed by atoms with Gasteiger partial charge in [0, 0.05) is 17.4 Å². The number of carbonyl (C=O) groups excluding carboxylic acids is 1. The summed E-state index contributed by atoms with van der Waals surface area (Å²) in [5.41, 5.74) is 1.63. The molecule has 0 aliphatic carbocycles. The van der Waals surface area contributed by atoms with Crippen LogP contribution in [0, 0.1) is 6.92 Å². The number of halogens is 2. The normalized spacial score (nSPS) is 11.7. The number of aryl methyl sites for hydroxylation is 1. The number of carbonyl (C=O) groups is 1. The number of fused-ring (bicyclic) bond motifs is 1. The number of nitrogens with zero attached hydrogens (tertiary/aromatic N) is 1. The van der Waals surface area contributed by atoms with Crippen LogP contribution in [0.1, 0.15) is 23.7 Å². The fraction of sp³-hybridized carbons (Fsp3) is 0.250. The van der Waals surface area contributed by atoms with Gasteiger partial charge in [0.2, 0.25) is 0 Å². The van der Waals surface area contributed by atoms with E-state index in [0.717, 1.165) is 5.56 Å². The number of hydrogen-bond acceptors (Lipinski definition) is 2. The van der Waals surface area contributed by atoms with E-state index in [1.165, 1.54) is 11.5 Å². The van der Waals surface area contributed by atoms with Crippen molar-refractivity contribution >= 4 is 16.9 Å². The highest BCUT2D eigenvalue weighted by Gasteiger charge is 2.47. The average molecular weight is 343 g/mol. The van der Waals surface area contributed by atoms with Crippen molar-refractivity contribution in [3.05, 3.63) is 71.4 Å². The highest BCUT2D eigenvalue weighted by molar-refractivity contribution is 5.89. The Bertz CT molecular complexity index is 901. The summed E-state index contributed by atoms with van der Waals surface area (Å²) in [5.74, 6) is -5.23. The summed E-state index contributed by atoms with van der Waals surface area (Å²) in [7, 11) is 0. The minimum Gasteiger partial charge on any atom is -0.461 e. The van der Waals surface area contributed by atoms with Gasteiger partial charge in [-0.1, -0.05) is 48.5 Å². The number of hydrogen-bond donors (Lipinski definition) is 0. The fourth-order valence-electron chi connectivity index (χ4n) is 3.13. The molecule has 25 heavy (non-hydrogen) atoms. The number of esters is 1. The van der Waals surface area contributed by atoms with E-state index < -0.39 is 11.9 Å². The molecule has 0 unspecified atom stereocenters. The zero-order valence-electron chi connectivity index (χ0n) is 14.1. The summed E-state index contributed by atoms with van der Waals surface area (Å²) < 4.78 is 35.9. The van der Waals surface area contributed by atoms with Crippen LogP contribution >= 0.6 is 0 Å². The minimum absolute atomic E-state index is 0.0909. The first-order valence-electron chi connectivity index (χ1n) is 8.14. The molecule has 0 N–H and O–H groups in total. The van der Waals surface area contributed by atoms with Crippen LogP contribution in [-0.2, 0) is 22.0 Å². The van der Waals surface area contributed by atoms with Gasteiger partial charge in [0.25, 0.3) is 0 Å². The van der Waals surface area contributed by atoms with E-state index >= 15 is 0 Å². The molecule has 0 saturated heterocycles. The zero-order chi connectivity index (χ0) is 18.0. The van der Waals surface area contributed by atoms with Crippen molar-refractivity contribution in [3.63, 3.8) is 0 Å². The predicted octanol–water partition coefficient (Wildman–Crippen LogP) is 4.65. The van der Waals surface area contributed by atoms with Gasteiger partial charge in [-0.2, -0.15) is 8.78 Å².